The monoisotopic (exact) mass is 626 g/mol. The molecule has 0 spiro atoms. The van der Waals surface area contributed by atoms with E-state index in [-0.39, 0.29) is 5.41 Å². The fraction of sp³-hybridized carbons (Fsp3) is 0.0667. The van der Waals surface area contributed by atoms with E-state index < -0.39 is 0 Å². The van der Waals surface area contributed by atoms with Crippen LogP contribution in [0.5, 0.6) is 0 Å². The standard InChI is InChI=1S/C45H30N4/c1-45(2)36-15-7-5-12-30(36)33-23-27(19-20-37(33)45)28-21-22-46-43(24-28)48-39-17-9-6-13-31(39)35-26-42-34(25-41(35)48)29-11-3-4-14-32(29)44-47-38-16-8-10-18-40(38)49(42)44/h3-26H,1-2H3. The van der Waals surface area contributed by atoms with Gasteiger partial charge in [-0.2, -0.15) is 0 Å². The molecule has 49 heavy (non-hydrogen) atoms. The zero-order valence-corrected chi connectivity index (χ0v) is 27.1. The van der Waals surface area contributed by atoms with Crippen molar-refractivity contribution in [3.05, 3.63) is 157 Å². The van der Waals surface area contributed by atoms with Crippen molar-refractivity contribution in [2.75, 3.05) is 0 Å². The van der Waals surface area contributed by atoms with Crippen molar-refractivity contribution < 1.29 is 0 Å². The molecule has 4 heterocycles. The van der Waals surface area contributed by atoms with Crippen LogP contribution in [0, 0.1) is 0 Å². The zero-order valence-electron chi connectivity index (χ0n) is 27.1. The second kappa shape index (κ2) is 9.42. The van der Waals surface area contributed by atoms with Gasteiger partial charge in [0.2, 0.25) is 0 Å². The molecule has 0 N–H and O–H groups in total. The van der Waals surface area contributed by atoms with E-state index in [1.807, 2.05) is 6.20 Å². The molecule has 0 saturated heterocycles. The molecule has 11 rings (SSSR count). The first-order valence-electron chi connectivity index (χ1n) is 16.9. The predicted octanol–water partition coefficient (Wildman–Crippen LogP) is 11.3. The minimum Gasteiger partial charge on any atom is -0.294 e. The van der Waals surface area contributed by atoms with Gasteiger partial charge in [-0.3, -0.25) is 8.97 Å². The van der Waals surface area contributed by atoms with Crippen molar-refractivity contribution in [1.82, 2.24) is 18.9 Å². The number of hydrogen-bond acceptors (Lipinski definition) is 2. The number of para-hydroxylation sites is 3. The van der Waals surface area contributed by atoms with Crippen LogP contribution in [0.15, 0.2) is 146 Å². The second-order valence-corrected chi connectivity index (χ2v) is 13.9. The summed E-state index contributed by atoms with van der Waals surface area (Å²) in [4.78, 5) is 10.1. The van der Waals surface area contributed by atoms with Gasteiger partial charge in [0.15, 0.2) is 0 Å². The lowest BCUT2D eigenvalue weighted by molar-refractivity contribution is 0.660. The van der Waals surface area contributed by atoms with Gasteiger partial charge in [0.25, 0.3) is 0 Å². The molecule has 6 aromatic carbocycles. The van der Waals surface area contributed by atoms with Crippen LogP contribution in [-0.4, -0.2) is 18.9 Å². The third-order valence-electron chi connectivity index (χ3n) is 10.9. The maximum Gasteiger partial charge on any atom is 0.146 e. The van der Waals surface area contributed by atoms with E-state index in [9.17, 15) is 0 Å². The lowest BCUT2D eigenvalue weighted by Gasteiger charge is -2.21. The normalized spacial score (nSPS) is 13.7. The molecule has 10 aromatic rings. The third-order valence-corrected chi connectivity index (χ3v) is 10.9. The topological polar surface area (TPSA) is 35.1 Å². The summed E-state index contributed by atoms with van der Waals surface area (Å²) in [6.45, 7) is 4.66. The SMILES string of the molecule is CC1(C)c2ccccc2-c2cc(-c3ccnc(-n4c5ccccc5c5cc6c(cc54)c4ccccc4c4nc5ccccc5n64)c3)ccc21. The van der Waals surface area contributed by atoms with Gasteiger partial charge in [-0.1, -0.05) is 105 Å². The van der Waals surface area contributed by atoms with E-state index in [1.54, 1.807) is 0 Å². The number of benzene rings is 6. The van der Waals surface area contributed by atoms with Crippen molar-refractivity contribution in [2.45, 2.75) is 19.3 Å². The fourth-order valence-electron chi connectivity index (χ4n) is 8.63. The van der Waals surface area contributed by atoms with Crippen LogP contribution in [-0.2, 0) is 5.41 Å². The maximum atomic E-state index is 5.12. The smallest absolute Gasteiger partial charge is 0.146 e. The molecule has 0 aliphatic heterocycles. The first-order chi connectivity index (χ1) is 24.1. The number of nitrogens with zero attached hydrogens (tertiary/aromatic N) is 4. The predicted molar refractivity (Wildman–Crippen MR) is 203 cm³/mol. The summed E-state index contributed by atoms with van der Waals surface area (Å²) in [5.41, 5.74) is 14.3. The summed E-state index contributed by atoms with van der Waals surface area (Å²) >= 11 is 0. The summed E-state index contributed by atoms with van der Waals surface area (Å²) in [7, 11) is 0. The Labute approximate surface area is 282 Å². The van der Waals surface area contributed by atoms with Gasteiger partial charge in [0.1, 0.15) is 11.5 Å². The maximum absolute atomic E-state index is 5.12. The average Bonchev–Trinajstić information content (AvgIpc) is 3.77. The van der Waals surface area contributed by atoms with Crippen molar-refractivity contribution in [1.29, 1.82) is 0 Å². The Morgan fingerprint density at radius 2 is 1.16 bits per heavy atom. The Morgan fingerprint density at radius 1 is 0.490 bits per heavy atom. The van der Waals surface area contributed by atoms with Crippen LogP contribution in [0.4, 0.5) is 0 Å². The Morgan fingerprint density at radius 3 is 2.06 bits per heavy atom. The third kappa shape index (κ3) is 3.53. The van der Waals surface area contributed by atoms with E-state index in [4.69, 9.17) is 9.97 Å². The largest absolute Gasteiger partial charge is 0.294 e. The molecule has 0 amide bonds. The summed E-state index contributed by atoms with van der Waals surface area (Å²) in [5, 5.41) is 5.94. The van der Waals surface area contributed by atoms with Crippen molar-refractivity contribution in [2.24, 2.45) is 0 Å². The van der Waals surface area contributed by atoms with Crippen molar-refractivity contribution >= 4 is 60.2 Å². The number of rotatable bonds is 2. The van der Waals surface area contributed by atoms with Crippen molar-refractivity contribution in [3.8, 4) is 28.1 Å². The van der Waals surface area contributed by atoms with Gasteiger partial charge in [0.05, 0.1) is 27.6 Å². The first kappa shape index (κ1) is 26.8. The molecule has 1 aliphatic rings. The highest BCUT2D eigenvalue weighted by Crippen LogP contribution is 2.49. The highest BCUT2D eigenvalue weighted by Gasteiger charge is 2.35. The molecular weight excluding hydrogens is 597 g/mol. The van der Waals surface area contributed by atoms with Gasteiger partial charge in [-0.15, -0.1) is 0 Å². The lowest BCUT2D eigenvalue weighted by atomic mass is 9.82. The van der Waals surface area contributed by atoms with Gasteiger partial charge in [0, 0.05) is 33.2 Å². The minimum absolute atomic E-state index is 0.0155. The summed E-state index contributed by atoms with van der Waals surface area (Å²) < 4.78 is 4.68. The van der Waals surface area contributed by atoms with E-state index in [0.717, 1.165) is 50.0 Å². The van der Waals surface area contributed by atoms with Crippen LogP contribution in [0.3, 0.4) is 0 Å². The second-order valence-electron chi connectivity index (χ2n) is 13.9. The van der Waals surface area contributed by atoms with Gasteiger partial charge >= 0.3 is 0 Å². The molecule has 1 aliphatic carbocycles. The molecule has 4 aromatic heterocycles. The van der Waals surface area contributed by atoms with E-state index in [1.165, 1.54) is 49.4 Å². The minimum atomic E-state index is -0.0155. The molecule has 0 saturated carbocycles. The Balaban J connectivity index is 1.18. The number of hydrogen-bond donors (Lipinski definition) is 0. The Hall–Kier alpha value is -6.26. The Kier molecular flexibility index (Phi) is 5.15. The molecule has 0 bridgehead atoms. The van der Waals surface area contributed by atoms with Gasteiger partial charge in [-0.25, -0.2) is 9.97 Å². The average molecular weight is 627 g/mol. The van der Waals surface area contributed by atoms with E-state index >= 15 is 0 Å². The number of fused-ring (bicyclic) bond motifs is 14. The highest BCUT2D eigenvalue weighted by atomic mass is 15.1. The summed E-state index contributed by atoms with van der Waals surface area (Å²) in [5.74, 6) is 0.905. The van der Waals surface area contributed by atoms with Crippen LogP contribution in [0.25, 0.3) is 88.2 Å². The van der Waals surface area contributed by atoms with Crippen molar-refractivity contribution in [3.63, 3.8) is 0 Å². The molecule has 0 fully saturated rings. The van der Waals surface area contributed by atoms with E-state index in [0.29, 0.717) is 0 Å². The van der Waals surface area contributed by atoms with Crippen LogP contribution in [0.2, 0.25) is 0 Å². The fourth-order valence-corrected chi connectivity index (χ4v) is 8.63. The highest BCUT2D eigenvalue weighted by molar-refractivity contribution is 6.20. The van der Waals surface area contributed by atoms with Crippen LogP contribution < -0.4 is 0 Å². The molecule has 0 atom stereocenters. The quantitative estimate of drug-likeness (QED) is 0.179. The first-order valence-corrected chi connectivity index (χ1v) is 16.9. The number of aromatic nitrogens is 4. The molecular formula is C45H30N4. The van der Waals surface area contributed by atoms with Crippen LogP contribution in [0.1, 0.15) is 25.0 Å². The lowest BCUT2D eigenvalue weighted by Crippen LogP contribution is -2.14. The molecule has 4 nitrogen and oxygen atoms in total. The molecule has 230 valence electrons. The molecule has 0 radical (unpaired) electrons. The van der Waals surface area contributed by atoms with Gasteiger partial charge in [-0.05, 0) is 87.3 Å². The Bertz CT molecular complexity index is 3030. The molecule has 4 heteroatoms. The zero-order chi connectivity index (χ0) is 32.4. The van der Waals surface area contributed by atoms with Crippen LogP contribution >= 0.6 is 0 Å². The van der Waals surface area contributed by atoms with Gasteiger partial charge < -0.3 is 0 Å². The molecule has 0 unspecified atom stereocenters. The summed E-state index contributed by atoms with van der Waals surface area (Å²) in [6, 6.07) is 50.7. The van der Waals surface area contributed by atoms with E-state index in [2.05, 4.69) is 162 Å². The summed E-state index contributed by atoms with van der Waals surface area (Å²) in [6.07, 6.45) is 1.95. The number of pyridine rings is 2. The number of imidazole rings is 1.